The van der Waals surface area contributed by atoms with Crippen LogP contribution < -0.4 is 10.2 Å². The molecule has 0 radical (unpaired) electrons. The fraction of sp³-hybridized carbons (Fsp3) is 0.684. The van der Waals surface area contributed by atoms with Gasteiger partial charge in [-0.1, -0.05) is 44.4 Å². The topological polar surface area (TPSA) is 15.3 Å². The van der Waals surface area contributed by atoms with Crippen molar-refractivity contribution in [2.24, 2.45) is 5.41 Å². The molecule has 2 aliphatic rings. The van der Waals surface area contributed by atoms with Crippen LogP contribution in [0.2, 0.25) is 0 Å². The number of nitrogens with one attached hydrogen (secondary N) is 1. The molecule has 1 saturated heterocycles. The van der Waals surface area contributed by atoms with Gasteiger partial charge in [-0.2, -0.15) is 0 Å². The van der Waals surface area contributed by atoms with Crippen LogP contribution in [0.3, 0.4) is 0 Å². The molecule has 1 aromatic carbocycles. The molecule has 2 nitrogen and oxygen atoms in total. The first kappa shape index (κ1) is 14.9. The Morgan fingerprint density at radius 1 is 1.14 bits per heavy atom. The monoisotopic (exact) mass is 286 g/mol. The highest BCUT2D eigenvalue weighted by Gasteiger charge is 2.43. The van der Waals surface area contributed by atoms with Crippen molar-refractivity contribution in [1.29, 1.82) is 0 Å². The van der Waals surface area contributed by atoms with Gasteiger partial charge < -0.3 is 10.2 Å². The summed E-state index contributed by atoms with van der Waals surface area (Å²) in [7, 11) is 0. The van der Waals surface area contributed by atoms with Crippen molar-refractivity contribution in [2.45, 2.75) is 58.4 Å². The van der Waals surface area contributed by atoms with Gasteiger partial charge >= 0.3 is 0 Å². The van der Waals surface area contributed by atoms with Crippen molar-refractivity contribution in [1.82, 2.24) is 5.32 Å². The minimum Gasteiger partial charge on any atom is -0.370 e. The molecule has 1 unspecified atom stereocenters. The summed E-state index contributed by atoms with van der Waals surface area (Å²) in [5.74, 6) is 0. The lowest BCUT2D eigenvalue weighted by atomic mass is 9.68. The first-order valence-electron chi connectivity index (χ1n) is 8.81. The number of benzene rings is 1. The van der Waals surface area contributed by atoms with E-state index in [-0.39, 0.29) is 0 Å². The van der Waals surface area contributed by atoms with Gasteiger partial charge in [0.05, 0.1) is 0 Å². The van der Waals surface area contributed by atoms with Gasteiger partial charge in [-0.05, 0) is 44.4 Å². The van der Waals surface area contributed by atoms with Gasteiger partial charge in [-0.3, -0.25) is 0 Å². The first-order valence-corrected chi connectivity index (χ1v) is 8.81. The molecule has 0 aromatic heterocycles. The molecule has 0 amide bonds. The van der Waals surface area contributed by atoms with Gasteiger partial charge in [0.1, 0.15) is 0 Å². The molecular formula is C19H30N2. The lowest BCUT2D eigenvalue weighted by molar-refractivity contribution is 0.139. The van der Waals surface area contributed by atoms with Gasteiger partial charge in [-0.25, -0.2) is 0 Å². The zero-order valence-electron chi connectivity index (χ0n) is 13.7. The van der Waals surface area contributed by atoms with Crippen LogP contribution >= 0.6 is 0 Å². The van der Waals surface area contributed by atoms with Gasteiger partial charge in [0, 0.05) is 30.2 Å². The zero-order chi connectivity index (χ0) is 14.7. The molecule has 21 heavy (non-hydrogen) atoms. The molecule has 1 N–H and O–H groups in total. The Morgan fingerprint density at radius 2 is 1.86 bits per heavy atom. The number of nitrogens with zero attached hydrogens (tertiary/aromatic N) is 1. The first-order chi connectivity index (χ1) is 10.2. The van der Waals surface area contributed by atoms with E-state index in [0.29, 0.717) is 11.5 Å². The predicted molar refractivity (Wildman–Crippen MR) is 90.9 cm³/mol. The summed E-state index contributed by atoms with van der Waals surface area (Å²) in [6.45, 7) is 8.19. The Balaban J connectivity index is 1.69. The molecular weight excluding hydrogens is 256 g/mol. The highest BCUT2D eigenvalue weighted by atomic mass is 15.2. The average Bonchev–Trinajstić information content (AvgIpc) is 2.51. The third kappa shape index (κ3) is 3.11. The van der Waals surface area contributed by atoms with Gasteiger partial charge in [0.15, 0.2) is 0 Å². The Kier molecular flexibility index (Phi) is 4.54. The van der Waals surface area contributed by atoms with Gasteiger partial charge in [-0.15, -0.1) is 0 Å². The number of anilines is 1. The number of rotatable bonds is 5. The van der Waals surface area contributed by atoms with E-state index in [9.17, 15) is 0 Å². The van der Waals surface area contributed by atoms with E-state index in [2.05, 4.69) is 48.3 Å². The Bertz CT molecular complexity index is 454. The zero-order valence-corrected chi connectivity index (χ0v) is 13.7. The maximum atomic E-state index is 3.64. The minimum atomic E-state index is 0.448. The van der Waals surface area contributed by atoms with Crippen molar-refractivity contribution in [3.05, 3.63) is 29.8 Å². The largest absolute Gasteiger partial charge is 0.370 e. The Labute approximate surface area is 129 Å². The average molecular weight is 286 g/mol. The second-order valence-electron chi connectivity index (χ2n) is 7.15. The molecule has 1 aromatic rings. The highest BCUT2D eigenvalue weighted by Crippen LogP contribution is 2.46. The maximum Gasteiger partial charge on any atom is 0.0415 e. The fourth-order valence-corrected chi connectivity index (χ4v) is 4.16. The van der Waals surface area contributed by atoms with Crippen molar-refractivity contribution in [2.75, 3.05) is 24.5 Å². The Hall–Kier alpha value is -1.02. The summed E-state index contributed by atoms with van der Waals surface area (Å²) >= 11 is 0. The second-order valence-corrected chi connectivity index (χ2v) is 7.15. The van der Waals surface area contributed by atoms with Gasteiger partial charge in [0.2, 0.25) is 0 Å². The standard InChI is InChI=1S/C19H30N2/c1-3-13-20-16(2)17-9-5-6-10-18(17)21-14-19(15-21)11-7-4-8-12-19/h5-6,9-10,16,20H,3-4,7-8,11-15H2,1-2H3. The maximum absolute atomic E-state index is 3.64. The molecule has 116 valence electrons. The summed E-state index contributed by atoms with van der Waals surface area (Å²) < 4.78 is 0. The summed E-state index contributed by atoms with van der Waals surface area (Å²) in [5, 5.41) is 3.64. The van der Waals surface area contributed by atoms with E-state index < -0.39 is 0 Å². The lowest BCUT2D eigenvalue weighted by Gasteiger charge is -2.54. The Morgan fingerprint density at radius 3 is 2.57 bits per heavy atom. The van der Waals surface area contributed by atoms with Crippen LogP contribution in [0.1, 0.15) is 64.0 Å². The van der Waals surface area contributed by atoms with Crippen molar-refractivity contribution >= 4 is 5.69 Å². The highest BCUT2D eigenvalue weighted by molar-refractivity contribution is 5.57. The van der Waals surface area contributed by atoms with Crippen molar-refractivity contribution in [3.63, 3.8) is 0 Å². The van der Waals surface area contributed by atoms with Crippen LogP contribution in [0.25, 0.3) is 0 Å². The number of hydrogen-bond donors (Lipinski definition) is 1. The summed E-state index contributed by atoms with van der Waals surface area (Å²) in [6.07, 6.45) is 8.45. The van der Waals surface area contributed by atoms with E-state index in [1.807, 2.05) is 0 Å². The molecule has 3 rings (SSSR count). The molecule has 1 atom stereocenters. The van der Waals surface area contributed by atoms with Crippen LogP contribution in [0.15, 0.2) is 24.3 Å². The number of hydrogen-bond acceptors (Lipinski definition) is 2. The predicted octanol–water partition coefficient (Wildman–Crippen LogP) is 4.52. The van der Waals surface area contributed by atoms with Crippen LogP contribution in [-0.2, 0) is 0 Å². The minimum absolute atomic E-state index is 0.448. The van der Waals surface area contributed by atoms with Crippen LogP contribution in [0.4, 0.5) is 5.69 Å². The molecule has 0 bridgehead atoms. The molecule has 1 aliphatic heterocycles. The molecule has 1 spiro atoms. The quantitative estimate of drug-likeness (QED) is 0.856. The third-order valence-corrected chi connectivity index (χ3v) is 5.41. The van der Waals surface area contributed by atoms with E-state index in [4.69, 9.17) is 0 Å². The fourth-order valence-electron chi connectivity index (χ4n) is 4.16. The molecule has 1 aliphatic carbocycles. The summed E-state index contributed by atoms with van der Waals surface area (Å²) in [4.78, 5) is 2.62. The van der Waals surface area contributed by atoms with Gasteiger partial charge in [0.25, 0.3) is 0 Å². The van der Waals surface area contributed by atoms with Crippen LogP contribution in [0.5, 0.6) is 0 Å². The van der Waals surface area contributed by atoms with Crippen molar-refractivity contribution in [3.8, 4) is 0 Å². The van der Waals surface area contributed by atoms with E-state index in [0.717, 1.165) is 6.54 Å². The normalized spacial score (nSPS) is 22.1. The van der Waals surface area contributed by atoms with E-state index in [1.54, 1.807) is 0 Å². The van der Waals surface area contributed by atoms with Crippen LogP contribution in [-0.4, -0.2) is 19.6 Å². The van der Waals surface area contributed by atoms with Crippen LogP contribution in [0, 0.1) is 5.41 Å². The second kappa shape index (κ2) is 6.39. The van der Waals surface area contributed by atoms with E-state index in [1.165, 1.54) is 62.9 Å². The lowest BCUT2D eigenvalue weighted by Crippen LogP contribution is -2.57. The number of para-hydroxylation sites is 1. The SMILES string of the molecule is CCCNC(C)c1ccccc1N1CC2(CCCCC2)C1. The molecule has 2 heteroatoms. The third-order valence-electron chi connectivity index (χ3n) is 5.41. The smallest absolute Gasteiger partial charge is 0.0415 e. The molecule has 1 heterocycles. The summed E-state index contributed by atoms with van der Waals surface area (Å²) in [6, 6.07) is 9.43. The van der Waals surface area contributed by atoms with Crippen molar-refractivity contribution < 1.29 is 0 Å². The molecule has 1 saturated carbocycles. The summed E-state index contributed by atoms with van der Waals surface area (Å²) in [5.41, 5.74) is 3.59. The van der Waals surface area contributed by atoms with E-state index >= 15 is 0 Å². The molecule has 2 fully saturated rings.